The number of piperidine rings is 3. The average molecular weight is 1450 g/mol. The number of nitrogens with one attached hydrogen (secondary N) is 3. The number of aliphatic hydroxyl groups is 1. The summed E-state index contributed by atoms with van der Waals surface area (Å²) in [5, 5.41) is 16.0. The van der Waals surface area contributed by atoms with Crippen LogP contribution in [0.1, 0.15) is 152 Å². The summed E-state index contributed by atoms with van der Waals surface area (Å²) >= 11 is 3.32. The number of aryl methyl sites for hydroxylation is 1. The maximum Gasteiger partial charge on any atom is 0.253 e. The number of methoxy groups -OCH3 is 3. The fourth-order valence-electron chi connectivity index (χ4n) is 14.1. The number of halogens is 1. The van der Waals surface area contributed by atoms with Gasteiger partial charge in [0.15, 0.2) is 0 Å². The number of hydrogen-bond donors (Lipinski definition) is 4. The number of amides is 3. The number of amidine groups is 3. The first-order valence-corrected chi connectivity index (χ1v) is 39.7. The second-order valence-electron chi connectivity index (χ2n) is 26.1. The van der Waals surface area contributed by atoms with E-state index in [1.807, 2.05) is 72.8 Å². The van der Waals surface area contributed by atoms with E-state index in [0.29, 0.717) is 108 Å². The molecule has 0 bridgehead atoms. The van der Waals surface area contributed by atoms with Crippen LogP contribution in [0.3, 0.4) is 0 Å². The monoisotopic (exact) mass is 1450 g/mol. The quantitative estimate of drug-likeness (QED) is 0.0865. The first-order valence-electron chi connectivity index (χ1n) is 34.1. The van der Waals surface area contributed by atoms with Crippen LogP contribution in [-0.2, 0) is 50.9 Å². The van der Waals surface area contributed by atoms with Gasteiger partial charge in [-0.2, -0.15) is 0 Å². The minimum Gasteiger partial charge on any atom is -0.497 e. The minimum absolute atomic E-state index is 0.0374. The van der Waals surface area contributed by atoms with Gasteiger partial charge < -0.3 is 35.3 Å². The molecule has 3 aromatic carbocycles. The fourth-order valence-corrected chi connectivity index (χ4v) is 18.4. The van der Waals surface area contributed by atoms with Crippen LogP contribution < -0.4 is 30.2 Å². The van der Waals surface area contributed by atoms with Gasteiger partial charge in [0.2, 0.25) is 30.1 Å². The van der Waals surface area contributed by atoms with Crippen molar-refractivity contribution in [3.8, 4) is 17.2 Å². The maximum atomic E-state index is 12.8. The third kappa shape index (κ3) is 19.9. The van der Waals surface area contributed by atoms with Gasteiger partial charge in [-0.05, 0) is 150 Å². The van der Waals surface area contributed by atoms with Crippen LogP contribution >= 0.6 is 15.9 Å². The van der Waals surface area contributed by atoms with Crippen molar-refractivity contribution in [2.45, 2.75) is 164 Å². The number of hydrogen-bond acceptors (Lipinski definition) is 16. The van der Waals surface area contributed by atoms with Crippen LogP contribution in [0.2, 0.25) is 0 Å². The molecule has 528 valence electrons. The first-order chi connectivity index (χ1) is 46.1. The van der Waals surface area contributed by atoms with Gasteiger partial charge in [0.1, 0.15) is 51.4 Å². The lowest BCUT2D eigenvalue weighted by Crippen LogP contribution is -2.50. The van der Waals surface area contributed by atoms with Crippen molar-refractivity contribution >= 4 is 87.3 Å². The van der Waals surface area contributed by atoms with Crippen LogP contribution in [0.5, 0.6) is 17.2 Å². The summed E-state index contributed by atoms with van der Waals surface area (Å²) < 4.78 is 96.3. The Kier molecular flexibility index (Phi) is 27.9. The lowest BCUT2D eigenvalue weighted by molar-refractivity contribution is -0.125. The van der Waals surface area contributed by atoms with E-state index in [2.05, 4.69) is 38.5 Å². The molecule has 9 aliphatic rings. The first kappa shape index (κ1) is 75.9. The van der Waals surface area contributed by atoms with Gasteiger partial charge in [-0.15, -0.1) is 6.58 Å². The van der Waals surface area contributed by atoms with Crippen LogP contribution in [-0.4, -0.2) is 180 Å². The molecule has 3 amide bonds. The highest BCUT2D eigenvalue weighted by atomic mass is 79.9. The highest BCUT2D eigenvalue weighted by molar-refractivity contribution is 9.10. The van der Waals surface area contributed by atoms with Crippen LogP contribution in [0.15, 0.2) is 111 Å². The van der Waals surface area contributed by atoms with E-state index in [1.165, 1.54) is 72.5 Å². The highest BCUT2D eigenvalue weighted by Gasteiger charge is 2.51. The number of carbonyl (C=O) groups is 3. The van der Waals surface area contributed by atoms with Crippen molar-refractivity contribution in [1.29, 1.82) is 0 Å². The van der Waals surface area contributed by atoms with E-state index in [-0.39, 0.29) is 35.0 Å². The van der Waals surface area contributed by atoms with Crippen LogP contribution in [0, 0.1) is 17.8 Å². The molecule has 3 aliphatic carbocycles. The van der Waals surface area contributed by atoms with Crippen molar-refractivity contribution in [1.82, 2.24) is 28.9 Å². The van der Waals surface area contributed by atoms with Crippen molar-refractivity contribution < 1.29 is 59.0 Å². The third-order valence-electron chi connectivity index (χ3n) is 19.9. The zero-order chi connectivity index (χ0) is 69.0. The molecule has 26 heteroatoms. The molecule has 6 aliphatic heterocycles. The number of carbonyl (C=O) groups excluding carboxylic acids is 3. The predicted octanol–water partition coefficient (Wildman–Crippen LogP) is 9.39. The van der Waals surface area contributed by atoms with Gasteiger partial charge >= 0.3 is 0 Å². The zero-order valence-electron chi connectivity index (χ0n) is 56.4. The summed E-state index contributed by atoms with van der Waals surface area (Å²) in [5.74, 6) is 5.92. The Labute approximate surface area is 577 Å². The Hall–Kier alpha value is -5.87. The fraction of sp³-hybridized carbons (Fsp3) is 0.600. The largest absolute Gasteiger partial charge is 0.497 e. The molecule has 3 saturated heterocycles. The van der Waals surface area contributed by atoms with Gasteiger partial charge in [-0.25, -0.2) is 38.2 Å². The number of nitrogens with zero attached hydrogens (tertiary/aromatic N) is 6. The Bertz CT molecular complexity index is 3550. The number of aliphatic imine (C=N–C) groups is 3. The summed E-state index contributed by atoms with van der Waals surface area (Å²) in [7, 11) is -4.16. The minimum atomic E-state index is -3.42. The molecular weight excluding hydrogens is 1350 g/mol. The van der Waals surface area contributed by atoms with E-state index in [4.69, 9.17) is 34.3 Å². The topological polar surface area (TPSA) is 284 Å². The molecule has 6 fully saturated rings. The summed E-state index contributed by atoms with van der Waals surface area (Å²) in [6.07, 6.45) is 26.3. The molecule has 12 rings (SSSR count). The Morgan fingerprint density at radius 2 is 0.823 bits per heavy atom. The molecule has 0 atom stereocenters. The second kappa shape index (κ2) is 35.3. The number of aliphatic hydroxyl groups excluding tert-OH is 1. The Morgan fingerprint density at radius 1 is 0.500 bits per heavy atom. The average Bonchev–Trinajstić information content (AvgIpc) is 1.62. The van der Waals surface area contributed by atoms with Gasteiger partial charge in [0.25, 0.3) is 17.7 Å². The Morgan fingerprint density at radius 3 is 1.17 bits per heavy atom. The molecule has 3 aromatic rings. The molecule has 22 nitrogen and oxygen atoms in total. The summed E-state index contributed by atoms with van der Waals surface area (Å²) in [5.41, 5.74) is -0.270. The predicted molar refractivity (Wildman–Crippen MR) is 381 cm³/mol. The molecule has 4 N–H and O–H groups in total. The number of ether oxygens (including phenoxy) is 3. The molecule has 3 saturated carbocycles. The molecule has 6 heterocycles. The molecule has 0 radical (unpaired) electrons. The summed E-state index contributed by atoms with van der Waals surface area (Å²) in [6.45, 7) is 5.57. The van der Waals surface area contributed by atoms with E-state index in [0.717, 1.165) is 96.0 Å². The normalized spacial score (nSPS) is 21.7. The zero-order valence-corrected chi connectivity index (χ0v) is 60.4. The maximum absolute atomic E-state index is 12.8. The van der Waals surface area contributed by atoms with Crippen LogP contribution in [0.4, 0.5) is 0 Å². The molecule has 0 unspecified atom stereocenters. The second-order valence-corrected chi connectivity index (χ2v) is 33.1. The number of rotatable bonds is 18. The third-order valence-corrected chi connectivity index (χ3v) is 26.0. The van der Waals surface area contributed by atoms with Crippen molar-refractivity contribution in [3.63, 3.8) is 0 Å². The van der Waals surface area contributed by atoms with Gasteiger partial charge in [-0.1, -0.05) is 116 Å². The van der Waals surface area contributed by atoms with Gasteiger partial charge in [0, 0.05) is 68.6 Å². The molecule has 0 aromatic heterocycles. The van der Waals surface area contributed by atoms with Crippen molar-refractivity contribution in [2.24, 2.45) is 32.7 Å². The van der Waals surface area contributed by atoms with Gasteiger partial charge in [-0.3, -0.25) is 29.4 Å². The molecular formula is C70H100BrN9O13S3. The van der Waals surface area contributed by atoms with E-state index in [1.54, 1.807) is 37.8 Å². The van der Waals surface area contributed by atoms with Gasteiger partial charge in [0.05, 0.1) is 38.6 Å². The van der Waals surface area contributed by atoms with Crippen molar-refractivity contribution in [3.05, 3.63) is 107 Å². The lowest BCUT2D eigenvalue weighted by Gasteiger charge is -2.34. The smallest absolute Gasteiger partial charge is 0.253 e. The van der Waals surface area contributed by atoms with E-state index >= 15 is 0 Å². The lowest BCUT2D eigenvalue weighted by atomic mass is 9.88. The van der Waals surface area contributed by atoms with E-state index < -0.39 is 46.7 Å². The highest BCUT2D eigenvalue weighted by Crippen LogP contribution is 2.38. The number of benzene rings is 3. The molecule has 3 spiro atoms. The van der Waals surface area contributed by atoms with E-state index in [9.17, 15) is 39.6 Å². The summed E-state index contributed by atoms with van der Waals surface area (Å²) in [6, 6.07) is 22.9. The standard InChI is InChI=1S/C23H33N3O4S.C23H31N3O4S.C16H25N3O3S.C7H7BrO.CH4O/c2*1-30-20-11-9-18(10-12-20)6-5-17-31(28,29)26-15-13-23(14-16-26)22(27)24-21(25-23)19-7-3-2-4-8-19;1-2-12-23(21,22)19-10-8-16(9-11-19)15(20)17-14(18-16)13-6-4-3-5-7-13;1-9-7-4-2-6(8)3-5-7;1-2/h9-12,19H,2-8,13-17H2,1H3,(H,24,25,27);5-6,9-12,19H,2-4,7-8,13-17H2,1H3,(H,24,25,27);2,13H,1,3-12H2,(H,17,18,20);2-5H,1H3;2H,1H3/b;6-5+;;;. The SMILES string of the molecule is C=CCS(=O)(=O)N1CCC2(CC1)N=C(C1CCCCC1)NC2=O.CO.COc1ccc(/C=C/CS(=O)(=O)N2CCC3(CC2)N=C(C2CCCCC2)NC3=O)cc1.COc1ccc(Br)cc1.COc1ccc(CCCS(=O)(=O)N2CCC3(CC2)N=C(C2CCCCC2)NC3=O)cc1. The van der Waals surface area contributed by atoms with Crippen molar-refractivity contribution in [2.75, 3.05) is 85.0 Å². The van der Waals surface area contributed by atoms with Crippen LogP contribution in [0.25, 0.3) is 6.08 Å². The summed E-state index contributed by atoms with van der Waals surface area (Å²) in [4.78, 5) is 52.4. The Balaban J connectivity index is 0.000000172. The number of sulfonamides is 3. The molecule has 96 heavy (non-hydrogen) atoms.